The van der Waals surface area contributed by atoms with Gasteiger partial charge in [0.05, 0.1) is 18.4 Å². The van der Waals surface area contributed by atoms with E-state index in [4.69, 9.17) is 5.11 Å². The minimum absolute atomic E-state index is 0.0353. The first kappa shape index (κ1) is 24.3. The quantitative estimate of drug-likeness (QED) is 0.360. The minimum Gasteiger partial charge on any atom is -0.505 e. The van der Waals surface area contributed by atoms with Gasteiger partial charge in [0.15, 0.2) is 5.75 Å². The number of pyridine rings is 2. The van der Waals surface area contributed by atoms with E-state index in [1.54, 1.807) is 6.07 Å². The van der Waals surface area contributed by atoms with Crippen molar-refractivity contribution in [2.45, 2.75) is 13.0 Å². The zero-order chi connectivity index (χ0) is 24.3. The fraction of sp³-hybridized carbons (Fsp3) is 0.286. The van der Waals surface area contributed by atoms with Crippen molar-refractivity contribution in [3.05, 3.63) is 68.9 Å². The van der Waals surface area contributed by atoms with E-state index >= 15 is 0 Å². The van der Waals surface area contributed by atoms with Gasteiger partial charge in [0, 0.05) is 26.3 Å². The lowest BCUT2D eigenvalue weighted by Gasteiger charge is -2.14. The van der Waals surface area contributed by atoms with Crippen LogP contribution in [0.15, 0.2) is 35.3 Å². The van der Waals surface area contributed by atoms with Crippen LogP contribution in [-0.4, -0.2) is 53.5 Å². The van der Waals surface area contributed by atoms with E-state index in [1.165, 1.54) is 36.0 Å². The summed E-state index contributed by atoms with van der Waals surface area (Å²) in [7, 11) is -2.05. The van der Waals surface area contributed by atoms with Gasteiger partial charge in [0.2, 0.25) is 10.0 Å². The van der Waals surface area contributed by atoms with E-state index < -0.39 is 38.6 Å². The summed E-state index contributed by atoms with van der Waals surface area (Å²) in [5.41, 5.74) is 0.776. The smallest absolute Gasteiger partial charge is 0.267 e. The number of halogens is 1. The lowest BCUT2D eigenvalue weighted by atomic mass is 10.00. The number of aryl methyl sites for hydroxylation is 1. The molecule has 0 atom stereocenters. The standard InChI is InChI=1S/C21H23FN4O6S/c1-26-16-8-12(7-13-3-4-15(22)9-14(13)11-25-33(2,31)32)10-24-18(16)19(28)17(21(26)30)20(29)23-5-6-27/h3-4,8-10,25,27-28H,5-7,11H2,1-2H3,(H,23,29). The number of nitrogens with one attached hydrogen (secondary N) is 2. The van der Waals surface area contributed by atoms with Gasteiger partial charge in [-0.15, -0.1) is 0 Å². The van der Waals surface area contributed by atoms with Gasteiger partial charge in [-0.3, -0.25) is 14.6 Å². The third-order valence-corrected chi connectivity index (χ3v) is 5.65. The molecule has 0 bridgehead atoms. The molecule has 1 amide bonds. The molecule has 0 unspecified atom stereocenters. The highest BCUT2D eigenvalue weighted by atomic mass is 32.2. The second-order valence-electron chi connectivity index (χ2n) is 7.46. The van der Waals surface area contributed by atoms with Gasteiger partial charge in [-0.1, -0.05) is 6.07 Å². The van der Waals surface area contributed by atoms with Crippen LogP contribution in [-0.2, 0) is 30.0 Å². The Labute approximate surface area is 188 Å². The Morgan fingerprint density at radius 3 is 2.64 bits per heavy atom. The van der Waals surface area contributed by atoms with Gasteiger partial charge in [0.1, 0.15) is 16.9 Å². The second kappa shape index (κ2) is 9.65. The molecular weight excluding hydrogens is 455 g/mol. The molecule has 0 aliphatic rings. The average molecular weight is 479 g/mol. The maximum atomic E-state index is 13.7. The zero-order valence-corrected chi connectivity index (χ0v) is 18.7. The number of sulfonamides is 1. The van der Waals surface area contributed by atoms with E-state index in [9.17, 15) is 27.5 Å². The number of aromatic hydroxyl groups is 1. The molecular formula is C21H23FN4O6S. The van der Waals surface area contributed by atoms with Crippen LogP contribution < -0.4 is 15.6 Å². The topological polar surface area (TPSA) is 151 Å². The Morgan fingerprint density at radius 2 is 1.97 bits per heavy atom. The monoisotopic (exact) mass is 478 g/mol. The van der Waals surface area contributed by atoms with E-state index in [0.29, 0.717) is 16.7 Å². The SMILES string of the molecule is Cn1c(=O)c(C(=O)NCCO)c(O)c2ncc(Cc3ccc(F)cc3CNS(C)(=O)=O)cc21. The summed E-state index contributed by atoms with van der Waals surface area (Å²) in [6.45, 7) is -0.508. The van der Waals surface area contributed by atoms with Crippen molar-refractivity contribution >= 4 is 27.0 Å². The molecule has 176 valence electrons. The second-order valence-corrected chi connectivity index (χ2v) is 9.29. The highest BCUT2D eigenvalue weighted by molar-refractivity contribution is 7.88. The molecule has 10 nitrogen and oxygen atoms in total. The molecule has 0 saturated heterocycles. The molecule has 0 radical (unpaired) electrons. The lowest BCUT2D eigenvalue weighted by molar-refractivity contribution is 0.0940. The van der Waals surface area contributed by atoms with E-state index in [2.05, 4.69) is 15.0 Å². The molecule has 3 aromatic rings. The third-order valence-electron chi connectivity index (χ3n) is 4.98. The maximum Gasteiger partial charge on any atom is 0.267 e. The molecule has 0 fully saturated rings. The number of aliphatic hydroxyl groups is 1. The molecule has 1 aromatic carbocycles. The third kappa shape index (κ3) is 5.53. The van der Waals surface area contributed by atoms with Crippen LogP contribution in [0.1, 0.15) is 27.0 Å². The van der Waals surface area contributed by atoms with Gasteiger partial charge >= 0.3 is 0 Å². The van der Waals surface area contributed by atoms with Gasteiger partial charge in [0.25, 0.3) is 11.5 Å². The number of rotatable bonds is 8. The van der Waals surface area contributed by atoms with Crippen LogP contribution in [0.25, 0.3) is 11.0 Å². The Bertz CT molecular complexity index is 1390. The first-order valence-corrected chi connectivity index (χ1v) is 11.7. The Balaban J connectivity index is 2.01. The molecule has 4 N–H and O–H groups in total. The van der Waals surface area contributed by atoms with Gasteiger partial charge in [-0.2, -0.15) is 0 Å². The van der Waals surface area contributed by atoms with E-state index in [-0.39, 0.29) is 37.2 Å². The van der Waals surface area contributed by atoms with Crippen molar-refractivity contribution in [2.24, 2.45) is 7.05 Å². The first-order valence-electron chi connectivity index (χ1n) is 9.83. The Morgan fingerprint density at radius 1 is 1.24 bits per heavy atom. The number of carbonyl (C=O) groups is 1. The van der Waals surface area contributed by atoms with Crippen molar-refractivity contribution in [1.82, 2.24) is 19.6 Å². The van der Waals surface area contributed by atoms with Gasteiger partial charge in [-0.05, 0) is 41.3 Å². The number of amides is 1. The number of benzene rings is 1. The number of fused-ring (bicyclic) bond motifs is 1. The lowest BCUT2D eigenvalue weighted by Crippen LogP contribution is -2.34. The maximum absolute atomic E-state index is 13.7. The highest BCUT2D eigenvalue weighted by Gasteiger charge is 2.22. The van der Waals surface area contributed by atoms with Crippen molar-refractivity contribution in [1.29, 1.82) is 0 Å². The molecule has 0 saturated carbocycles. The molecule has 0 spiro atoms. The summed E-state index contributed by atoms with van der Waals surface area (Å²) in [5.74, 6) is -1.92. The Hall–Kier alpha value is -3.35. The van der Waals surface area contributed by atoms with Crippen LogP contribution in [0.4, 0.5) is 4.39 Å². The summed E-state index contributed by atoms with van der Waals surface area (Å²) in [6, 6.07) is 5.63. The Kier molecular flexibility index (Phi) is 7.10. The van der Waals surface area contributed by atoms with Gasteiger partial charge < -0.3 is 20.1 Å². The van der Waals surface area contributed by atoms with Crippen molar-refractivity contribution in [3.63, 3.8) is 0 Å². The summed E-state index contributed by atoms with van der Waals surface area (Å²) >= 11 is 0. The van der Waals surface area contributed by atoms with E-state index in [0.717, 1.165) is 6.26 Å². The number of hydrogen-bond donors (Lipinski definition) is 4. The molecule has 2 aromatic heterocycles. The number of aromatic nitrogens is 2. The summed E-state index contributed by atoms with van der Waals surface area (Å²) in [4.78, 5) is 29.1. The van der Waals surface area contributed by atoms with Crippen molar-refractivity contribution < 1.29 is 27.8 Å². The summed E-state index contributed by atoms with van der Waals surface area (Å²) < 4.78 is 40.1. The van der Waals surface area contributed by atoms with Crippen LogP contribution >= 0.6 is 0 Å². The van der Waals surface area contributed by atoms with Crippen LogP contribution in [0, 0.1) is 5.82 Å². The van der Waals surface area contributed by atoms with Crippen LogP contribution in [0.2, 0.25) is 0 Å². The fourth-order valence-electron chi connectivity index (χ4n) is 3.35. The van der Waals surface area contributed by atoms with Crippen LogP contribution in [0.5, 0.6) is 5.75 Å². The number of carbonyl (C=O) groups excluding carboxylic acids is 1. The molecule has 0 aliphatic carbocycles. The highest BCUT2D eigenvalue weighted by Crippen LogP contribution is 2.26. The average Bonchev–Trinajstić information content (AvgIpc) is 2.75. The molecule has 12 heteroatoms. The summed E-state index contributed by atoms with van der Waals surface area (Å²) in [5, 5.41) is 21.7. The normalized spacial score (nSPS) is 11.6. The summed E-state index contributed by atoms with van der Waals surface area (Å²) in [6.07, 6.45) is 2.70. The number of nitrogens with zero attached hydrogens (tertiary/aromatic N) is 2. The number of hydrogen-bond acceptors (Lipinski definition) is 7. The minimum atomic E-state index is -3.48. The molecule has 0 aliphatic heterocycles. The van der Waals surface area contributed by atoms with Crippen molar-refractivity contribution in [3.8, 4) is 5.75 Å². The fourth-order valence-corrected chi connectivity index (χ4v) is 3.77. The van der Waals surface area contributed by atoms with Crippen LogP contribution in [0.3, 0.4) is 0 Å². The predicted molar refractivity (Wildman–Crippen MR) is 119 cm³/mol. The first-order chi connectivity index (χ1) is 15.5. The van der Waals surface area contributed by atoms with Gasteiger partial charge in [-0.25, -0.2) is 17.5 Å². The molecule has 33 heavy (non-hydrogen) atoms. The van der Waals surface area contributed by atoms with Crippen molar-refractivity contribution in [2.75, 3.05) is 19.4 Å². The zero-order valence-electron chi connectivity index (χ0n) is 17.9. The molecule has 3 rings (SSSR count). The largest absolute Gasteiger partial charge is 0.505 e. The molecule has 2 heterocycles. The van der Waals surface area contributed by atoms with E-state index in [1.807, 2.05) is 0 Å². The number of aliphatic hydroxyl groups excluding tert-OH is 1. The predicted octanol–water partition coefficient (Wildman–Crippen LogP) is 0.140.